The number of nitrogens with zero attached hydrogens (tertiary/aromatic N) is 1. The minimum atomic E-state index is -0.263. The monoisotopic (exact) mass is 390 g/mol. The Labute approximate surface area is 149 Å². The van der Waals surface area contributed by atoms with E-state index >= 15 is 0 Å². The van der Waals surface area contributed by atoms with Crippen molar-refractivity contribution in [3.05, 3.63) is 58.1 Å². The molecule has 0 spiro atoms. The van der Waals surface area contributed by atoms with E-state index in [4.69, 9.17) is 9.47 Å². The molecule has 0 aromatic heterocycles. The molecule has 0 unspecified atom stereocenters. The van der Waals surface area contributed by atoms with Gasteiger partial charge < -0.3 is 9.47 Å². The number of benzene rings is 2. The molecule has 0 bridgehead atoms. The molecule has 24 heavy (non-hydrogen) atoms. The molecule has 1 N–H and O–H groups in total. The maximum absolute atomic E-state index is 11.9. The van der Waals surface area contributed by atoms with Crippen LogP contribution in [0.25, 0.3) is 0 Å². The first-order valence-corrected chi connectivity index (χ1v) is 8.33. The van der Waals surface area contributed by atoms with Gasteiger partial charge in [0.15, 0.2) is 11.5 Å². The average molecular weight is 391 g/mol. The second-order valence-electron chi connectivity index (χ2n) is 4.95. The van der Waals surface area contributed by atoms with Gasteiger partial charge >= 0.3 is 0 Å². The van der Waals surface area contributed by atoms with Gasteiger partial charge in [0.05, 0.1) is 24.4 Å². The van der Waals surface area contributed by atoms with Crippen LogP contribution in [0, 0.1) is 0 Å². The molecule has 0 saturated carbocycles. The summed E-state index contributed by atoms with van der Waals surface area (Å²) in [5, 5.41) is 3.98. The third-order valence-corrected chi connectivity index (χ3v) is 3.71. The van der Waals surface area contributed by atoms with Gasteiger partial charge in [-0.15, -0.1) is 0 Å². The fourth-order valence-electron chi connectivity index (χ4n) is 1.98. The van der Waals surface area contributed by atoms with Gasteiger partial charge in [-0.3, -0.25) is 4.79 Å². The molecule has 5 nitrogen and oxygen atoms in total. The second kappa shape index (κ2) is 9.08. The van der Waals surface area contributed by atoms with Gasteiger partial charge in [0.1, 0.15) is 0 Å². The summed E-state index contributed by atoms with van der Waals surface area (Å²) < 4.78 is 11.8. The Morgan fingerprint density at radius 2 is 2.04 bits per heavy atom. The SMILES string of the molecule is CCCOc1c(Br)cc(/C=N\NC(=O)c2ccccc2)cc1OC. The van der Waals surface area contributed by atoms with Crippen molar-refractivity contribution in [2.75, 3.05) is 13.7 Å². The largest absolute Gasteiger partial charge is 0.493 e. The van der Waals surface area contributed by atoms with Crippen molar-refractivity contribution < 1.29 is 14.3 Å². The first-order chi connectivity index (χ1) is 11.7. The van der Waals surface area contributed by atoms with Crippen LogP contribution in [-0.2, 0) is 0 Å². The molecule has 0 saturated heterocycles. The fraction of sp³-hybridized carbons (Fsp3) is 0.222. The minimum Gasteiger partial charge on any atom is -0.493 e. The summed E-state index contributed by atoms with van der Waals surface area (Å²) in [5.74, 6) is 0.999. The molecule has 2 aromatic carbocycles. The molecular weight excluding hydrogens is 372 g/mol. The zero-order valence-electron chi connectivity index (χ0n) is 13.6. The first-order valence-electron chi connectivity index (χ1n) is 7.54. The van der Waals surface area contributed by atoms with E-state index < -0.39 is 0 Å². The standard InChI is InChI=1S/C18H19BrN2O3/c1-3-9-24-17-15(19)10-13(11-16(17)23-2)12-20-21-18(22)14-7-5-4-6-8-14/h4-8,10-12H,3,9H2,1-2H3,(H,21,22)/b20-12-. The van der Waals surface area contributed by atoms with E-state index in [0.29, 0.717) is 23.7 Å². The lowest BCUT2D eigenvalue weighted by Gasteiger charge is -2.12. The lowest BCUT2D eigenvalue weighted by Crippen LogP contribution is -2.17. The van der Waals surface area contributed by atoms with Crippen LogP contribution in [0.3, 0.4) is 0 Å². The molecule has 0 radical (unpaired) electrons. The molecule has 0 aliphatic rings. The summed E-state index contributed by atoms with van der Waals surface area (Å²) >= 11 is 3.47. The number of amides is 1. The van der Waals surface area contributed by atoms with Crippen molar-refractivity contribution >= 4 is 28.1 Å². The number of ether oxygens (including phenoxy) is 2. The van der Waals surface area contributed by atoms with Gasteiger partial charge in [-0.25, -0.2) is 5.43 Å². The quantitative estimate of drug-likeness (QED) is 0.573. The predicted molar refractivity (Wildman–Crippen MR) is 98.0 cm³/mol. The summed E-state index contributed by atoms with van der Waals surface area (Å²) in [5.41, 5.74) is 3.82. The Bertz CT molecular complexity index is 718. The smallest absolute Gasteiger partial charge is 0.271 e. The number of hydrazone groups is 1. The van der Waals surface area contributed by atoms with Crippen LogP contribution >= 0.6 is 15.9 Å². The average Bonchev–Trinajstić information content (AvgIpc) is 2.61. The van der Waals surface area contributed by atoms with Crippen molar-refractivity contribution in [2.45, 2.75) is 13.3 Å². The topological polar surface area (TPSA) is 59.9 Å². The molecule has 0 atom stereocenters. The highest BCUT2D eigenvalue weighted by molar-refractivity contribution is 9.10. The Balaban J connectivity index is 2.09. The van der Waals surface area contributed by atoms with Gasteiger partial charge in [0, 0.05) is 5.56 Å². The maximum Gasteiger partial charge on any atom is 0.271 e. The lowest BCUT2D eigenvalue weighted by atomic mass is 10.2. The number of nitrogens with one attached hydrogen (secondary N) is 1. The zero-order chi connectivity index (χ0) is 17.4. The van der Waals surface area contributed by atoms with Crippen LogP contribution in [0.5, 0.6) is 11.5 Å². The number of halogens is 1. The van der Waals surface area contributed by atoms with Gasteiger partial charge in [-0.2, -0.15) is 5.10 Å². The van der Waals surface area contributed by atoms with Crippen LogP contribution < -0.4 is 14.9 Å². The predicted octanol–water partition coefficient (Wildman–Crippen LogP) is 4.01. The third kappa shape index (κ3) is 4.83. The van der Waals surface area contributed by atoms with Crippen molar-refractivity contribution in [1.29, 1.82) is 0 Å². The molecule has 0 heterocycles. The van der Waals surface area contributed by atoms with E-state index in [-0.39, 0.29) is 5.91 Å². The van der Waals surface area contributed by atoms with Crippen LogP contribution in [0.4, 0.5) is 0 Å². The molecule has 2 rings (SSSR count). The highest BCUT2D eigenvalue weighted by Gasteiger charge is 2.11. The minimum absolute atomic E-state index is 0.263. The highest BCUT2D eigenvalue weighted by atomic mass is 79.9. The van der Waals surface area contributed by atoms with Crippen molar-refractivity contribution in [3.8, 4) is 11.5 Å². The van der Waals surface area contributed by atoms with E-state index in [1.54, 1.807) is 43.7 Å². The Kier molecular flexibility index (Phi) is 6.81. The van der Waals surface area contributed by atoms with Crippen molar-refractivity contribution in [1.82, 2.24) is 5.43 Å². The van der Waals surface area contributed by atoms with Gasteiger partial charge in [-0.1, -0.05) is 25.1 Å². The summed E-state index contributed by atoms with van der Waals surface area (Å²) in [7, 11) is 1.58. The zero-order valence-corrected chi connectivity index (χ0v) is 15.2. The summed E-state index contributed by atoms with van der Waals surface area (Å²) in [4.78, 5) is 11.9. The Morgan fingerprint density at radius 1 is 1.29 bits per heavy atom. The molecule has 0 fully saturated rings. The Morgan fingerprint density at radius 3 is 2.71 bits per heavy atom. The van der Waals surface area contributed by atoms with Crippen LogP contribution in [0.15, 0.2) is 52.0 Å². The van der Waals surface area contributed by atoms with E-state index in [0.717, 1.165) is 16.5 Å². The molecule has 2 aromatic rings. The second-order valence-corrected chi connectivity index (χ2v) is 5.80. The third-order valence-electron chi connectivity index (χ3n) is 3.12. The van der Waals surface area contributed by atoms with E-state index in [1.807, 2.05) is 19.1 Å². The summed E-state index contributed by atoms with van der Waals surface area (Å²) in [6, 6.07) is 12.6. The van der Waals surface area contributed by atoms with Crippen molar-refractivity contribution in [2.24, 2.45) is 5.10 Å². The molecule has 0 aliphatic carbocycles. The number of rotatable bonds is 7. The number of hydrogen-bond acceptors (Lipinski definition) is 4. The van der Waals surface area contributed by atoms with Gasteiger partial charge in [0.25, 0.3) is 5.91 Å². The number of carbonyl (C=O) groups is 1. The van der Waals surface area contributed by atoms with E-state index in [1.165, 1.54) is 0 Å². The van der Waals surface area contributed by atoms with Crippen LogP contribution in [-0.4, -0.2) is 25.8 Å². The number of hydrogen-bond donors (Lipinski definition) is 1. The molecular formula is C18H19BrN2O3. The molecule has 1 amide bonds. The van der Waals surface area contributed by atoms with Crippen LogP contribution in [0.1, 0.15) is 29.3 Å². The van der Waals surface area contributed by atoms with Crippen molar-refractivity contribution in [3.63, 3.8) is 0 Å². The molecule has 0 aliphatic heterocycles. The normalized spacial score (nSPS) is 10.6. The van der Waals surface area contributed by atoms with Gasteiger partial charge in [0.2, 0.25) is 0 Å². The molecule has 126 valence electrons. The summed E-state index contributed by atoms with van der Waals surface area (Å²) in [6.07, 6.45) is 2.46. The highest BCUT2D eigenvalue weighted by Crippen LogP contribution is 2.36. The van der Waals surface area contributed by atoms with E-state index in [9.17, 15) is 4.79 Å². The van der Waals surface area contributed by atoms with Crippen LogP contribution in [0.2, 0.25) is 0 Å². The Hall–Kier alpha value is -2.34. The summed E-state index contributed by atoms with van der Waals surface area (Å²) in [6.45, 7) is 2.65. The maximum atomic E-state index is 11.9. The fourth-order valence-corrected chi connectivity index (χ4v) is 2.55. The number of carbonyl (C=O) groups excluding carboxylic acids is 1. The first kappa shape index (κ1) is 18.0. The molecule has 6 heteroatoms. The number of methoxy groups -OCH3 is 1. The van der Waals surface area contributed by atoms with E-state index in [2.05, 4.69) is 26.5 Å². The lowest BCUT2D eigenvalue weighted by molar-refractivity contribution is 0.0955. The van der Waals surface area contributed by atoms with Gasteiger partial charge in [-0.05, 0) is 52.2 Å².